The SMILES string of the molecule is Cc1cccc(NC(=O)C2CCCN(CCCCCO)C2)n1. The fraction of sp³-hybridized carbons (Fsp3) is 0.647. The quantitative estimate of drug-likeness (QED) is 0.758. The van der Waals surface area contributed by atoms with Crippen LogP contribution < -0.4 is 5.32 Å². The zero-order chi connectivity index (χ0) is 15.8. The van der Waals surface area contributed by atoms with Gasteiger partial charge < -0.3 is 15.3 Å². The fourth-order valence-electron chi connectivity index (χ4n) is 2.94. The van der Waals surface area contributed by atoms with Gasteiger partial charge in [-0.25, -0.2) is 4.98 Å². The monoisotopic (exact) mass is 305 g/mol. The molecule has 22 heavy (non-hydrogen) atoms. The molecule has 0 aromatic carbocycles. The number of aryl methyl sites for hydroxylation is 1. The van der Waals surface area contributed by atoms with E-state index in [9.17, 15) is 4.79 Å². The average molecular weight is 305 g/mol. The number of carbonyl (C=O) groups excluding carboxylic acids is 1. The van der Waals surface area contributed by atoms with Gasteiger partial charge in [0.05, 0.1) is 5.92 Å². The van der Waals surface area contributed by atoms with Crippen LogP contribution in [0.2, 0.25) is 0 Å². The highest BCUT2D eigenvalue weighted by atomic mass is 16.2. The maximum Gasteiger partial charge on any atom is 0.229 e. The number of unbranched alkanes of at least 4 members (excludes halogenated alkanes) is 2. The molecular weight excluding hydrogens is 278 g/mol. The van der Waals surface area contributed by atoms with Crippen molar-refractivity contribution in [3.8, 4) is 0 Å². The van der Waals surface area contributed by atoms with Gasteiger partial charge in [-0.3, -0.25) is 4.79 Å². The van der Waals surface area contributed by atoms with Gasteiger partial charge in [0.15, 0.2) is 0 Å². The summed E-state index contributed by atoms with van der Waals surface area (Å²) >= 11 is 0. The Labute approximate surface area is 132 Å². The molecule has 1 aromatic rings. The van der Waals surface area contributed by atoms with Crippen LogP contribution in [0.3, 0.4) is 0 Å². The van der Waals surface area contributed by atoms with Gasteiger partial charge in [-0.15, -0.1) is 0 Å². The number of aliphatic hydroxyl groups is 1. The van der Waals surface area contributed by atoms with Crippen molar-refractivity contribution in [3.63, 3.8) is 0 Å². The number of nitrogens with one attached hydrogen (secondary N) is 1. The molecule has 1 aromatic heterocycles. The summed E-state index contributed by atoms with van der Waals surface area (Å²) in [5.41, 5.74) is 0.909. The van der Waals surface area contributed by atoms with Crippen LogP contribution in [-0.4, -0.2) is 47.1 Å². The molecule has 0 spiro atoms. The first-order valence-electron chi connectivity index (χ1n) is 8.27. The number of amides is 1. The van der Waals surface area contributed by atoms with Crippen molar-refractivity contribution in [2.24, 2.45) is 5.92 Å². The molecule has 5 heteroatoms. The summed E-state index contributed by atoms with van der Waals surface area (Å²) in [6, 6.07) is 5.66. The van der Waals surface area contributed by atoms with Gasteiger partial charge in [-0.2, -0.15) is 0 Å². The number of aliphatic hydroxyl groups excluding tert-OH is 1. The van der Waals surface area contributed by atoms with E-state index in [1.165, 1.54) is 0 Å². The minimum absolute atomic E-state index is 0.0499. The normalized spacial score (nSPS) is 19.1. The lowest BCUT2D eigenvalue weighted by molar-refractivity contribution is -0.121. The highest BCUT2D eigenvalue weighted by Gasteiger charge is 2.25. The van der Waals surface area contributed by atoms with Crippen LogP contribution in [0.15, 0.2) is 18.2 Å². The van der Waals surface area contributed by atoms with E-state index in [4.69, 9.17) is 5.11 Å². The number of likely N-dealkylation sites (tertiary alicyclic amines) is 1. The van der Waals surface area contributed by atoms with Crippen molar-refractivity contribution in [3.05, 3.63) is 23.9 Å². The van der Waals surface area contributed by atoms with Gasteiger partial charge >= 0.3 is 0 Å². The molecule has 1 saturated heterocycles. The minimum atomic E-state index is 0.0499. The molecule has 1 unspecified atom stereocenters. The van der Waals surface area contributed by atoms with Crippen molar-refractivity contribution in [1.82, 2.24) is 9.88 Å². The molecule has 1 aliphatic heterocycles. The lowest BCUT2D eigenvalue weighted by atomic mass is 9.97. The summed E-state index contributed by atoms with van der Waals surface area (Å²) in [7, 11) is 0. The van der Waals surface area contributed by atoms with Gasteiger partial charge in [0, 0.05) is 18.8 Å². The lowest BCUT2D eigenvalue weighted by Gasteiger charge is -2.31. The number of carbonyl (C=O) groups is 1. The van der Waals surface area contributed by atoms with Crippen LogP contribution in [0.25, 0.3) is 0 Å². The molecule has 1 atom stereocenters. The standard InChI is InChI=1S/C17H27N3O2/c1-14-7-5-9-16(18-14)19-17(22)15-8-6-11-20(13-15)10-3-2-4-12-21/h5,7,9,15,21H,2-4,6,8,10-13H2,1H3,(H,18,19,22). The maximum absolute atomic E-state index is 12.4. The zero-order valence-corrected chi connectivity index (χ0v) is 13.4. The van der Waals surface area contributed by atoms with E-state index >= 15 is 0 Å². The third-order valence-corrected chi connectivity index (χ3v) is 4.15. The number of piperidine rings is 1. The summed E-state index contributed by atoms with van der Waals surface area (Å²) < 4.78 is 0. The Morgan fingerprint density at radius 2 is 2.27 bits per heavy atom. The number of rotatable bonds is 7. The second-order valence-corrected chi connectivity index (χ2v) is 6.08. The molecule has 2 N–H and O–H groups in total. The van der Waals surface area contributed by atoms with Crippen molar-refractivity contribution >= 4 is 11.7 Å². The maximum atomic E-state index is 12.4. The summed E-state index contributed by atoms with van der Waals surface area (Å²) in [6.45, 7) is 5.12. The second-order valence-electron chi connectivity index (χ2n) is 6.08. The molecule has 122 valence electrons. The Morgan fingerprint density at radius 3 is 3.05 bits per heavy atom. The number of hydrogen-bond acceptors (Lipinski definition) is 4. The third-order valence-electron chi connectivity index (χ3n) is 4.15. The molecule has 0 bridgehead atoms. The second kappa shape index (κ2) is 8.86. The van der Waals surface area contributed by atoms with Crippen LogP contribution >= 0.6 is 0 Å². The lowest BCUT2D eigenvalue weighted by Crippen LogP contribution is -2.41. The van der Waals surface area contributed by atoms with Crippen molar-refractivity contribution < 1.29 is 9.90 Å². The first-order valence-corrected chi connectivity index (χ1v) is 8.27. The van der Waals surface area contributed by atoms with Gasteiger partial charge in [0.1, 0.15) is 5.82 Å². The fourth-order valence-corrected chi connectivity index (χ4v) is 2.94. The molecule has 5 nitrogen and oxygen atoms in total. The zero-order valence-electron chi connectivity index (χ0n) is 13.4. The minimum Gasteiger partial charge on any atom is -0.396 e. The molecule has 0 saturated carbocycles. The summed E-state index contributed by atoms with van der Waals surface area (Å²) in [6.07, 6.45) is 5.03. The number of aromatic nitrogens is 1. The van der Waals surface area contributed by atoms with Crippen LogP contribution in [0.5, 0.6) is 0 Å². The van der Waals surface area contributed by atoms with Crippen molar-refractivity contribution in [1.29, 1.82) is 0 Å². The highest BCUT2D eigenvalue weighted by Crippen LogP contribution is 2.19. The smallest absolute Gasteiger partial charge is 0.229 e. The number of hydrogen-bond donors (Lipinski definition) is 2. The molecule has 1 amide bonds. The molecule has 0 aliphatic carbocycles. The average Bonchev–Trinajstić information content (AvgIpc) is 2.52. The predicted octanol–water partition coefficient (Wildman–Crippen LogP) is 2.20. The number of nitrogens with zero attached hydrogens (tertiary/aromatic N) is 2. The number of pyridine rings is 1. The first-order chi connectivity index (χ1) is 10.7. The van der Waals surface area contributed by atoms with E-state index in [-0.39, 0.29) is 18.4 Å². The van der Waals surface area contributed by atoms with E-state index in [2.05, 4.69) is 15.2 Å². The van der Waals surface area contributed by atoms with E-state index in [1.54, 1.807) is 0 Å². The van der Waals surface area contributed by atoms with Crippen LogP contribution in [0.1, 0.15) is 37.8 Å². The summed E-state index contributed by atoms with van der Waals surface area (Å²) in [5.74, 6) is 0.775. The molecule has 2 rings (SSSR count). The highest BCUT2D eigenvalue weighted by molar-refractivity contribution is 5.91. The van der Waals surface area contributed by atoms with Crippen LogP contribution in [-0.2, 0) is 4.79 Å². The number of anilines is 1. The van der Waals surface area contributed by atoms with Crippen molar-refractivity contribution in [2.75, 3.05) is 31.6 Å². The summed E-state index contributed by atoms with van der Waals surface area (Å²) in [5, 5.41) is 11.7. The van der Waals surface area contributed by atoms with Gasteiger partial charge in [-0.05, 0) is 64.3 Å². The molecular formula is C17H27N3O2. The molecule has 1 aliphatic rings. The van der Waals surface area contributed by atoms with Crippen LogP contribution in [0.4, 0.5) is 5.82 Å². The third kappa shape index (κ3) is 5.39. The van der Waals surface area contributed by atoms with Gasteiger partial charge in [0.2, 0.25) is 5.91 Å². The Hall–Kier alpha value is -1.46. The van der Waals surface area contributed by atoms with Gasteiger partial charge in [0.25, 0.3) is 0 Å². The van der Waals surface area contributed by atoms with Gasteiger partial charge in [-0.1, -0.05) is 6.07 Å². The molecule has 2 heterocycles. The Morgan fingerprint density at radius 1 is 1.41 bits per heavy atom. The van der Waals surface area contributed by atoms with E-state index in [0.717, 1.165) is 57.4 Å². The Bertz CT molecular complexity index is 479. The largest absolute Gasteiger partial charge is 0.396 e. The molecule has 0 radical (unpaired) electrons. The molecule has 1 fully saturated rings. The summed E-state index contributed by atoms with van der Waals surface area (Å²) in [4.78, 5) is 19.1. The Balaban J connectivity index is 1.79. The van der Waals surface area contributed by atoms with E-state index in [0.29, 0.717) is 5.82 Å². The van der Waals surface area contributed by atoms with Crippen LogP contribution in [0, 0.1) is 12.8 Å². The van der Waals surface area contributed by atoms with Crippen molar-refractivity contribution in [2.45, 2.75) is 39.0 Å². The van der Waals surface area contributed by atoms with E-state index in [1.807, 2.05) is 25.1 Å². The predicted molar refractivity (Wildman–Crippen MR) is 87.7 cm³/mol. The topological polar surface area (TPSA) is 65.5 Å². The Kier molecular flexibility index (Phi) is 6.80. The van der Waals surface area contributed by atoms with E-state index < -0.39 is 0 Å². The first kappa shape index (κ1) is 16.9.